The lowest BCUT2D eigenvalue weighted by molar-refractivity contribution is -0.685. The van der Waals surface area contributed by atoms with Crippen LogP contribution in [-0.4, -0.2) is 56.3 Å². The zero-order chi connectivity index (χ0) is 18.7. The van der Waals surface area contributed by atoms with Gasteiger partial charge in [-0.2, -0.15) is 4.31 Å². The van der Waals surface area contributed by atoms with Crippen molar-refractivity contribution < 1.29 is 22.9 Å². The van der Waals surface area contributed by atoms with Gasteiger partial charge < -0.3 is 14.6 Å². The summed E-state index contributed by atoms with van der Waals surface area (Å²) in [5.74, 6) is 0.822. The highest BCUT2D eigenvalue weighted by Gasteiger charge is 2.31. The normalized spacial score (nSPS) is 17.4. The first-order valence-corrected chi connectivity index (χ1v) is 10.9. The lowest BCUT2D eigenvalue weighted by Gasteiger charge is -2.33. The first-order chi connectivity index (χ1) is 12.4. The zero-order valence-corrected chi connectivity index (χ0v) is 16.7. The van der Waals surface area contributed by atoms with Crippen LogP contribution in [0.3, 0.4) is 0 Å². The Balaban J connectivity index is 1.51. The SMILES string of the molecule is C[C@H]([NH2+]CC(=O)N1CCN(S(=O)(=O)c2ccc(Cl)s2)CC1)c1ccco1. The van der Waals surface area contributed by atoms with Crippen LogP contribution < -0.4 is 5.32 Å². The molecule has 1 atom stereocenters. The molecule has 0 spiro atoms. The molecule has 0 bridgehead atoms. The van der Waals surface area contributed by atoms with Crippen LogP contribution >= 0.6 is 22.9 Å². The standard InChI is InChI=1S/C16H20ClN3O4S2/c1-12(13-3-2-10-24-13)18-11-15(21)19-6-8-20(9-7-19)26(22,23)16-5-4-14(17)25-16/h2-5,10,12,18H,6-9,11H2,1H3/p+1/t12-/m0/s1. The molecule has 0 radical (unpaired) electrons. The van der Waals surface area contributed by atoms with Crippen molar-refractivity contribution in [2.24, 2.45) is 0 Å². The summed E-state index contributed by atoms with van der Waals surface area (Å²) in [6.07, 6.45) is 1.61. The van der Waals surface area contributed by atoms with E-state index in [1.165, 1.54) is 10.4 Å². The lowest BCUT2D eigenvalue weighted by atomic mass is 10.2. The quantitative estimate of drug-likeness (QED) is 0.762. The Labute approximate surface area is 161 Å². The van der Waals surface area contributed by atoms with E-state index in [-0.39, 0.29) is 29.2 Å². The van der Waals surface area contributed by atoms with E-state index in [1.54, 1.807) is 17.2 Å². The predicted molar refractivity (Wildman–Crippen MR) is 98.6 cm³/mol. The van der Waals surface area contributed by atoms with E-state index in [1.807, 2.05) is 24.4 Å². The third kappa shape index (κ3) is 4.29. The molecule has 1 aliphatic rings. The summed E-state index contributed by atoms with van der Waals surface area (Å²) >= 11 is 6.89. The highest BCUT2D eigenvalue weighted by atomic mass is 35.5. The minimum Gasteiger partial charge on any atom is -0.463 e. The number of carbonyl (C=O) groups is 1. The summed E-state index contributed by atoms with van der Waals surface area (Å²) < 4.78 is 32.6. The maximum absolute atomic E-state index is 12.6. The highest BCUT2D eigenvalue weighted by molar-refractivity contribution is 7.91. The molecule has 2 N–H and O–H groups in total. The first-order valence-electron chi connectivity index (χ1n) is 8.28. The van der Waals surface area contributed by atoms with Crippen molar-refractivity contribution in [2.75, 3.05) is 32.7 Å². The molecule has 0 saturated carbocycles. The van der Waals surface area contributed by atoms with Gasteiger partial charge in [0.15, 0.2) is 12.3 Å². The van der Waals surface area contributed by atoms with Crippen molar-refractivity contribution in [3.8, 4) is 0 Å². The van der Waals surface area contributed by atoms with Gasteiger partial charge in [-0.3, -0.25) is 4.79 Å². The number of furan rings is 1. The van der Waals surface area contributed by atoms with Gasteiger partial charge in [-0.05, 0) is 31.2 Å². The van der Waals surface area contributed by atoms with Crippen molar-refractivity contribution in [1.82, 2.24) is 9.21 Å². The fourth-order valence-electron chi connectivity index (χ4n) is 2.81. The molecule has 1 fully saturated rings. The summed E-state index contributed by atoms with van der Waals surface area (Å²) in [6.45, 7) is 3.63. The average molecular weight is 419 g/mol. The second-order valence-corrected chi connectivity index (χ2v) is 9.97. The molecule has 2 aromatic rings. The second kappa shape index (κ2) is 8.10. The van der Waals surface area contributed by atoms with Gasteiger partial charge in [-0.1, -0.05) is 11.6 Å². The monoisotopic (exact) mass is 418 g/mol. The van der Waals surface area contributed by atoms with Crippen LogP contribution in [0.25, 0.3) is 0 Å². The number of nitrogens with two attached hydrogens (primary N) is 1. The molecule has 26 heavy (non-hydrogen) atoms. The van der Waals surface area contributed by atoms with E-state index in [9.17, 15) is 13.2 Å². The van der Waals surface area contributed by atoms with E-state index in [4.69, 9.17) is 16.0 Å². The molecule has 3 heterocycles. The van der Waals surface area contributed by atoms with Crippen molar-refractivity contribution in [3.05, 3.63) is 40.6 Å². The number of piperazine rings is 1. The van der Waals surface area contributed by atoms with Crippen LogP contribution in [0.5, 0.6) is 0 Å². The zero-order valence-electron chi connectivity index (χ0n) is 14.3. The van der Waals surface area contributed by atoms with Gasteiger partial charge in [0.05, 0.1) is 10.6 Å². The Morgan fingerprint density at radius 1 is 1.31 bits per heavy atom. The van der Waals surface area contributed by atoms with Gasteiger partial charge in [0.25, 0.3) is 15.9 Å². The number of hydrogen-bond acceptors (Lipinski definition) is 5. The number of carbonyl (C=O) groups excluding carboxylic acids is 1. The number of hydrogen-bond donors (Lipinski definition) is 1. The molecule has 10 heteroatoms. The van der Waals surface area contributed by atoms with Gasteiger partial charge in [0.2, 0.25) is 0 Å². The molecule has 0 aliphatic carbocycles. The number of amides is 1. The third-order valence-electron chi connectivity index (χ3n) is 4.37. The second-order valence-electron chi connectivity index (χ2n) is 6.09. The molecule has 0 unspecified atom stereocenters. The van der Waals surface area contributed by atoms with E-state index in [2.05, 4.69) is 0 Å². The number of rotatable bonds is 6. The van der Waals surface area contributed by atoms with Crippen LogP contribution in [0.2, 0.25) is 4.34 Å². The molecule has 3 rings (SSSR count). The molecule has 1 saturated heterocycles. The predicted octanol–water partition coefficient (Wildman–Crippen LogP) is 1.15. The van der Waals surface area contributed by atoms with Crippen molar-refractivity contribution >= 4 is 38.9 Å². The molecule has 142 valence electrons. The van der Waals surface area contributed by atoms with E-state index >= 15 is 0 Å². The summed E-state index contributed by atoms with van der Waals surface area (Å²) in [7, 11) is -3.54. The van der Waals surface area contributed by atoms with E-state index in [0.29, 0.717) is 24.0 Å². The minimum atomic E-state index is -3.54. The van der Waals surface area contributed by atoms with Crippen LogP contribution in [0, 0.1) is 0 Å². The lowest BCUT2D eigenvalue weighted by Crippen LogP contribution is -2.87. The Hall–Kier alpha value is -1.39. The summed E-state index contributed by atoms with van der Waals surface area (Å²) in [5, 5.41) is 1.91. The van der Waals surface area contributed by atoms with E-state index < -0.39 is 10.0 Å². The molecular weight excluding hydrogens is 398 g/mol. The minimum absolute atomic E-state index is 0.000350. The fourth-order valence-corrected chi connectivity index (χ4v) is 5.87. The van der Waals surface area contributed by atoms with Crippen LogP contribution in [0.4, 0.5) is 0 Å². The van der Waals surface area contributed by atoms with E-state index in [0.717, 1.165) is 17.1 Å². The van der Waals surface area contributed by atoms with Crippen LogP contribution in [0.1, 0.15) is 18.7 Å². The van der Waals surface area contributed by atoms with Gasteiger partial charge in [0.1, 0.15) is 10.3 Å². The Morgan fingerprint density at radius 3 is 2.62 bits per heavy atom. The maximum atomic E-state index is 12.6. The molecule has 1 amide bonds. The summed E-state index contributed by atoms with van der Waals surface area (Å²) in [5.41, 5.74) is 0. The topological polar surface area (TPSA) is 87.4 Å². The molecule has 2 aromatic heterocycles. The van der Waals surface area contributed by atoms with Crippen molar-refractivity contribution in [2.45, 2.75) is 17.2 Å². The number of sulfonamides is 1. The number of quaternary nitrogens is 1. The largest absolute Gasteiger partial charge is 0.463 e. The Morgan fingerprint density at radius 2 is 2.04 bits per heavy atom. The smallest absolute Gasteiger partial charge is 0.277 e. The van der Waals surface area contributed by atoms with Crippen molar-refractivity contribution in [3.63, 3.8) is 0 Å². The summed E-state index contributed by atoms with van der Waals surface area (Å²) in [4.78, 5) is 14.1. The molecule has 0 aromatic carbocycles. The number of halogens is 1. The molecule has 7 nitrogen and oxygen atoms in total. The average Bonchev–Trinajstić information content (AvgIpc) is 3.31. The third-order valence-corrected chi connectivity index (χ3v) is 7.97. The van der Waals surface area contributed by atoms with Gasteiger partial charge in [-0.25, -0.2) is 8.42 Å². The van der Waals surface area contributed by atoms with Gasteiger partial charge in [-0.15, -0.1) is 11.3 Å². The Bertz CT molecular complexity index is 843. The number of nitrogens with zero attached hydrogens (tertiary/aromatic N) is 2. The maximum Gasteiger partial charge on any atom is 0.277 e. The fraction of sp³-hybridized carbons (Fsp3) is 0.438. The van der Waals surface area contributed by atoms with Crippen LogP contribution in [-0.2, 0) is 14.8 Å². The summed E-state index contributed by atoms with van der Waals surface area (Å²) in [6, 6.07) is 6.85. The molecular formula is C16H21ClN3O4S2+. The first kappa shape index (κ1) is 19.4. The molecule has 1 aliphatic heterocycles. The van der Waals surface area contributed by atoms with Crippen LogP contribution in [0.15, 0.2) is 39.2 Å². The van der Waals surface area contributed by atoms with Gasteiger partial charge >= 0.3 is 0 Å². The van der Waals surface area contributed by atoms with Crippen molar-refractivity contribution in [1.29, 1.82) is 0 Å². The Kier molecular flexibility index (Phi) is 6.03. The number of thiophene rings is 1. The highest BCUT2D eigenvalue weighted by Crippen LogP contribution is 2.28. The van der Waals surface area contributed by atoms with Gasteiger partial charge in [0, 0.05) is 26.2 Å².